The van der Waals surface area contributed by atoms with Crippen LogP contribution in [0.15, 0.2) is 42.6 Å². The third-order valence-corrected chi connectivity index (χ3v) is 9.75. The number of piperidine rings is 1. The molecule has 2 bridgehead atoms. The van der Waals surface area contributed by atoms with Crippen LogP contribution in [-0.4, -0.2) is 77.4 Å². The lowest BCUT2D eigenvalue weighted by Gasteiger charge is -2.27. The van der Waals surface area contributed by atoms with Crippen LogP contribution in [0.1, 0.15) is 36.0 Å². The van der Waals surface area contributed by atoms with E-state index in [1.54, 1.807) is 11.8 Å². The molecule has 43 heavy (non-hydrogen) atoms. The number of methoxy groups -OCH3 is 1. The molecule has 11 heteroatoms. The maximum absolute atomic E-state index is 13.7. The van der Waals surface area contributed by atoms with Crippen LogP contribution >= 0.6 is 0 Å². The van der Waals surface area contributed by atoms with E-state index >= 15 is 0 Å². The third kappa shape index (κ3) is 4.16. The molecule has 3 fully saturated rings. The van der Waals surface area contributed by atoms with E-state index in [2.05, 4.69) is 37.6 Å². The fourth-order valence-electron chi connectivity index (χ4n) is 7.37. The largest absolute Gasteiger partial charge is 0.494 e. The van der Waals surface area contributed by atoms with Crippen LogP contribution in [-0.2, 0) is 20.1 Å². The zero-order valence-electron chi connectivity index (χ0n) is 24.5. The first-order chi connectivity index (χ1) is 20.9. The molecule has 1 saturated heterocycles. The second-order valence-corrected chi connectivity index (χ2v) is 12.4. The van der Waals surface area contributed by atoms with Gasteiger partial charge in [-0.25, -0.2) is 9.67 Å². The van der Waals surface area contributed by atoms with Gasteiger partial charge in [0.2, 0.25) is 0 Å². The summed E-state index contributed by atoms with van der Waals surface area (Å²) in [4.78, 5) is 20.8. The van der Waals surface area contributed by atoms with Gasteiger partial charge in [0.05, 0.1) is 43.2 Å². The maximum atomic E-state index is 13.7. The smallest absolute Gasteiger partial charge is 0.254 e. The number of likely N-dealkylation sites (tertiary alicyclic amines) is 1. The van der Waals surface area contributed by atoms with Gasteiger partial charge >= 0.3 is 0 Å². The summed E-state index contributed by atoms with van der Waals surface area (Å²) in [6.45, 7) is 2.00. The van der Waals surface area contributed by atoms with Gasteiger partial charge < -0.3 is 29.6 Å². The molecule has 2 aliphatic carbocycles. The number of carbonyl (C=O) groups is 1. The number of hydrogen-bond acceptors (Lipinski definition) is 7. The average molecular weight is 581 g/mol. The number of benzene rings is 2. The van der Waals surface area contributed by atoms with Crippen LogP contribution in [0.25, 0.3) is 44.7 Å². The number of aryl methyl sites for hydroxylation is 1. The summed E-state index contributed by atoms with van der Waals surface area (Å²) in [7, 11) is 3.65. The van der Waals surface area contributed by atoms with E-state index in [-0.39, 0.29) is 24.6 Å². The van der Waals surface area contributed by atoms with E-state index in [0.29, 0.717) is 29.7 Å². The van der Waals surface area contributed by atoms with Gasteiger partial charge in [-0.15, -0.1) is 5.10 Å². The molecule has 0 spiro atoms. The monoisotopic (exact) mass is 580 g/mol. The molecule has 3 aromatic heterocycles. The van der Waals surface area contributed by atoms with Crippen LogP contribution in [0.5, 0.6) is 5.75 Å². The lowest BCUT2D eigenvalue weighted by molar-refractivity contribution is 0.0700. The lowest BCUT2D eigenvalue weighted by Crippen LogP contribution is -2.41. The number of hydrogen-bond donors (Lipinski definition) is 2. The number of ether oxygens (including phenoxy) is 1. The van der Waals surface area contributed by atoms with Crippen molar-refractivity contribution in [2.45, 2.75) is 50.9 Å². The van der Waals surface area contributed by atoms with Crippen molar-refractivity contribution >= 4 is 27.8 Å². The summed E-state index contributed by atoms with van der Waals surface area (Å²) in [5.74, 6) is 2.44. The predicted molar refractivity (Wildman–Crippen MR) is 163 cm³/mol. The lowest BCUT2D eigenvalue weighted by atomic mass is 10.1. The molecule has 3 N–H and O–H groups in total. The topological polar surface area (TPSA) is 129 Å². The fraction of sp³-hybridized carbons (Fsp3) is 0.438. The molecule has 3 atom stereocenters. The van der Waals surface area contributed by atoms with E-state index in [1.165, 1.54) is 12.8 Å². The third-order valence-electron chi connectivity index (χ3n) is 9.75. The number of nitrogens with zero attached hydrogens (tertiary/aromatic N) is 7. The zero-order chi connectivity index (χ0) is 29.4. The molecule has 2 aromatic carbocycles. The summed E-state index contributed by atoms with van der Waals surface area (Å²) in [6.07, 6.45) is 6.36. The summed E-state index contributed by atoms with van der Waals surface area (Å²) in [6, 6.07) is 12.4. The molecule has 3 aliphatic rings. The van der Waals surface area contributed by atoms with Crippen LogP contribution in [0.2, 0.25) is 0 Å². The Balaban J connectivity index is 1.26. The van der Waals surface area contributed by atoms with Crippen molar-refractivity contribution in [3.8, 4) is 28.5 Å². The Hall–Kier alpha value is -4.22. The van der Waals surface area contributed by atoms with Crippen LogP contribution in [0, 0.1) is 11.8 Å². The fourth-order valence-corrected chi connectivity index (χ4v) is 7.37. The van der Waals surface area contributed by atoms with Crippen molar-refractivity contribution in [2.24, 2.45) is 24.6 Å². The number of rotatable bonds is 8. The quantitative estimate of drug-likeness (QED) is 0.288. The van der Waals surface area contributed by atoms with Gasteiger partial charge in [0.25, 0.3) is 5.91 Å². The van der Waals surface area contributed by atoms with E-state index in [1.807, 2.05) is 36.3 Å². The Morgan fingerprint density at radius 3 is 2.72 bits per heavy atom. The molecule has 2 saturated carbocycles. The van der Waals surface area contributed by atoms with Crippen molar-refractivity contribution in [1.82, 2.24) is 34.0 Å². The minimum atomic E-state index is -0.00298. The number of carbonyl (C=O) groups excluding carboxylic acids is 1. The first-order valence-corrected chi connectivity index (χ1v) is 15.2. The first-order valence-electron chi connectivity index (χ1n) is 15.2. The van der Waals surface area contributed by atoms with Crippen molar-refractivity contribution in [2.75, 3.05) is 20.3 Å². The van der Waals surface area contributed by atoms with E-state index < -0.39 is 0 Å². The Morgan fingerprint density at radius 1 is 1.14 bits per heavy atom. The molecular weight excluding hydrogens is 544 g/mol. The molecule has 1 amide bonds. The second kappa shape index (κ2) is 9.92. The number of fused-ring (bicyclic) bond motifs is 4. The molecule has 11 nitrogen and oxygen atoms in total. The number of aliphatic hydroxyl groups is 1. The molecule has 3 unspecified atom stereocenters. The summed E-state index contributed by atoms with van der Waals surface area (Å²) in [5, 5.41) is 19.1. The molecule has 8 rings (SSSR count). The summed E-state index contributed by atoms with van der Waals surface area (Å²) in [5.41, 5.74) is 12.4. The summed E-state index contributed by atoms with van der Waals surface area (Å²) >= 11 is 0. The molecule has 5 aromatic rings. The number of amides is 1. The van der Waals surface area contributed by atoms with Gasteiger partial charge in [-0.3, -0.25) is 4.79 Å². The van der Waals surface area contributed by atoms with Gasteiger partial charge in [-0.1, -0.05) is 23.4 Å². The second-order valence-electron chi connectivity index (χ2n) is 12.4. The summed E-state index contributed by atoms with van der Waals surface area (Å²) < 4.78 is 12.0. The Labute approximate surface area is 248 Å². The Bertz CT molecular complexity index is 1880. The highest BCUT2D eigenvalue weighted by Gasteiger charge is 2.47. The van der Waals surface area contributed by atoms with Crippen LogP contribution < -0.4 is 10.5 Å². The number of para-hydroxylation sites is 1. The van der Waals surface area contributed by atoms with Crippen LogP contribution in [0.3, 0.4) is 0 Å². The van der Waals surface area contributed by atoms with Crippen molar-refractivity contribution in [3.05, 3.63) is 48.2 Å². The van der Waals surface area contributed by atoms with Gasteiger partial charge in [0, 0.05) is 48.7 Å². The normalized spacial score (nSPS) is 21.5. The van der Waals surface area contributed by atoms with Crippen molar-refractivity contribution < 1.29 is 14.6 Å². The van der Waals surface area contributed by atoms with Gasteiger partial charge in [-0.2, -0.15) is 0 Å². The van der Waals surface area contributed by atoms with Gasteiger partial charge in [0.1, 0.15) is 17.0 Å². The predicted octanol–water partition coefficient (Wildman–Crippen LogP) is 3.43. The molecule has 4 heterocycles. The number of aromatic nitrogens is 6. The van der Waals surface area contributed by atoms with Gasteiger partial charge in [0.15, 0.2) is 5.82 Å². The van der Waals surface area contributed by atoms with Crippen LogP contribution in [0.4, 0.5) is 0 Å². The Morgan fingerprint density at radius 2 is 2.00 bits per heavy atom. The SMILES string of the molecule is COc1cc(C(=O)N2CC3CCC2C3N)cc2nc(-c3cc4cccc(-c5cn(CCO)nn5)c4n3CC3CC3)n(C)c12. The highest BCUT2D eigenvalue weighted by molar-refractivity contribution is 6.01. The molecule has 0 radical (unpaired) electrons. The van der Waals surface area contributed by atoms with E-state index in [4.69, 9.17) is 15.5 Å². The highest BCUT2D eigenvalue weighted by atomic mass is 16.5. The van der Waals surface area contributed by atoms with E-state index in [9.17, 15) is 9.90 Å². The van der Waals surface area contributed by atoms with Crippen molar-refractivity contribution in [3.63, 3.8) is 0 Å². The number of nitrogens with two attached hydrogens (primary N) is 1. The van der Waals surface area contributed by atoms with Crippen molar-refractivity contribution in [1.29, 1.82) is 0 Å². The minimum absolute atomic E-state index is 0.00298. The molecule has 1 aliphatic heterocycles. The average Bonchev–Trinajstić information content (AvgIpc) is 3.31. The zero-order valence-corrected chi connectivity index (χ0v) is 24.5. The minimum Gasteiger partial charge on any atom is -0.494 e. The maximum Gasteiger partial charge on any atom is 0.254 e. The Kier molecular flexibility index (Phi) is 6.09. The van der Waals surface area contributed by atoms with E-state index in [0.717, 1.165) is 70.6 Å². The molecular formula is C32H36N8O3. The van der Waals surface area contributed by atoms with Gasteiger partial charge in [-0.05, 0) is 55.7 Å². The first kappa shape index (κ1) is 26.4. The molecule has 222 valence electrons. The number of imidazole rings is 1. The number of aliphatic hydroxyl groups excluding tert-OH is 1. The highest BCUT2D eigenvalue weighted by Crippen LogP contribution is 2.41. The standard InChI is InChI=1S/C32H36N8O3/c1-37-30-23(12-21(14-27(30)43-2)32(42)40-16-20-8-9-25(40)28(20)33)34-31(37)26-13-19-4-3-5-22(24-17-38(10-11-41)36-35-24)29(19)39(26)15-18-6-7-18/h3-5,12-14,17-18,20,25,28,41H,6-11,15-16,33H2,1-2H3.